The van der Waals surface area contributed by atoms with Gasteiger partial charge in [0, 0.05) is 19.3 Å². The average Bonchev–Trinajstić information content (AvgIpc) is 3.33. The number of carbonyl (C=O) groups is 3. The van der Waals surface area contributed by atoms with E-state index in [4.69, 9.17) is 14.2 Å². The Morgan fingerprint density at radius 2 is 0.552 bits per heavy atom. The largest absolute Gasteiger partial charge is 0.462 e. The monoisotopic (exact) mass is 941 g/mol. The first-order chi connectivity index (χ1) is 33.0. The third-order valence-electron chi connectivity index (χ3n) is 13.1. The molecule has 392 valence electrons. The summed E-state index contributed by atoms with van der Waals surface area (Å²) >= 11 is 0. The molecule has 6 heteroatoms. The van der Waals surface area contributed by atoms with Gasteiger partial charge in [-0.2, -0.15) is 0 Å². The number of hydrogen-bond donors (Lipinski definition) is 0. The number of ether oxygens (including phenoxy) is 3. The molecule has 0 heterocycles. The third kappa shape index (κ3) is 54.4. The molecule has 0 aliphatic rings. The fourth-order valence-corrected chi connectivity index (χ4v) is 8.63. The molecule has 0 fully saturated rings. The van der Waals surface area contributed by atoms with Crippen LogP contribution in [-0.2, 0) is 28.6 Å². The first-order valence-corrected chi connectivity index (χ1v) is 29.5. The van der Waals surface area contributed by atoms with Crippen molar-refractivity contribution < 1.29 is 28.6 Å². The Labute approximate surface area is 416 Å². The predicted molar refractivity (Wildman–Crippen MR) is 289 cm³/mol. The zero-order valence-corrected chi connectivity index (χ0v) is 44.9. The van der Waals surface area contributed by atoms with Crippen LogP contribution >= 0.6 is 0 Å². The van der Waals surface area contributed by atoms with E-state index in [0.29, 0.717) is 19.3 Å². The highest BCUT2D eigenvalue weighted by atomic mass is 16.6. The van der Waals surface area contributed by atoms with Crippen LogP contribution < -0.4 is 0 Å². The van der Waals surface area contributed by atoms with Gasteiger partial charge in [0.2, 0.25) is 0 Å². The SMILES string of the molecule is CCCC/C=C\C/C=C\CCCCCCCC(=O)OC(COC(=O)CCCCCCCCCC)COC(=O)CCCCCCCCCCCCCCCCC/C=C\CCCCCCCCCC. The highest BCUT2D eigenvalue weighted by Gasteiger charge is 2.19. The van der Waals surface area contributed by atoms with Crippen LogP contribution in [0.3, 0.4) is 0 Å². The second-order valence-corrected chi connectivity index (χ2v) is 19.9. The third-order valence-corrected chi connectivity index (χ3v) is 13.1. The fourth-order valence-electron chi connectivity index (χ4n) is 8.63. The van der Waals surface area contributed by atoms with E-state index in [1.165, 1.54) is 193 Å². The van der Waals surface area contributed by atoms with Gasteiger partial charge in [0.15, 0.2) is 6.10 Å². The normalized spacial score (nSPS) is 12.2. The van der Waals surface area contributed by atoms with Crippen LogP contribution in [0.2, 0.25) is 0 Å². The van der Waals surface area contributed by atoms with Crippen molar-refractivity contribution in [2.45, 2.75) is 322 Å². The van der Waals surface area contributed by atoms with Gasteiger partial charge < -0.3 is 14.2 Å². The van der Waals surface area contributed by atoms with E-state index in [1.807, 2.05) is 0 Å². The van der Waals surface area contributed by atoms with Gasteiger partial charge in [-0.3, -0.25) is 14.4 Å². The molecule has 6 nitrogen and oxygen atoms in total. The first kappa shape index (κ1) is 64.6. The molecule has 0 aromatic rings. The van der Waals surface area contributed by atoms with Gasteiger partial charge in [0.1, 0.15) is 13.2 Å². The highest BCUT2D eigenvalue weighted by molar-refractivity contribution is 5.71. The zero-order valence-electron chi connectivity index (χ0n) is 44.9. The van der Waals surface area contributed by atoms with Crippen LogP contribution in [0.1, 0.15) is 316 Å². The molecule has 0 N–H and O–H groups in total. The Bertz CT molecular complexity index is 1130. The van der Waals surface area contributed by atoms with E-state index < -0.39 is 6.10 Å². The topological polar surface area (TPSA) is 78.9 Å². The van der Waals surface area contributed by atoms with E-state index in [9.17, 15) is 14.4 Å². The number of esters is 3. The summed E-state index contributed by atoms with van der Waals surface area (Å²) in [6.07, 6.45) is 67.4. The second kappa shape index (κ2) is 56.2. The molecule has 0 bridgehead atoms. The van der Waals surface area contributed by atoms with E-state index in [2.05, 4.69) is 57.2 Å². The number of carbonyl (C=O) groups excluding carboxylic acids is 3. The molecular weight excluding hydrogens is 829 g/mol. The fraction of sp³-hybridized carbons (Fsp3) is 0.852. The van der Waals surface area contributed by atoms with E-state index in [-0.39, 0.29) is 31.1 Å². The maximum Gasteiger partial charge on any atom is 0.306 e. The quantitative estimate of drug-likeness (QED) is 0.0262. The first-order valence-electron chi connectivity index (χ1n) is 29.5. The van der Waals surface area contributed by atoms with Gasteiger partial charge in [0.25, 0.3) is 0 Å². The molecule has 0 saturated heterocycles. The number of hydrogen-bond acceptors (Lipinski definition) is 6. The van der Waals surface area contributed by atoms with Crippen LogP contribution in [-0.4, -0.2) is 37.2 Å². The number of rotatable bonds is 54. The van der Waals surface area contributed by atoms with Crippen molar-refractivity contribution in [2.24, 2.45) is 0 Å². The minimum atomic E-state index is -0.774. The molecule has 0 aliphatic carbocycles. The molecule has 0 rings (SSSR count). The van der Waals surface area contributed by atoms with E-state index >= 15 is 0 Å². The Kier molecular flexibility index (Phi) is 54.2. The van der Waals surface area contributed by atoms with Crippen molar-refractivity contribution in [3.63, 3.8) is 0 Å². The minimum Gasteiger partial charge on any atom is -0.462 e. The standard InChI is InChI=1S/C61H112O6/c1-4-7-10-13-16-19-21-23-25-26-27-28-29-30-31-32-33-34-35-36-37-39-40-42-45-48-51-54-60(63)66-57-58(56-65-59(62)53-50-47-44-18-15-12-9-6-3)67-61(64)55-52-49-46-43-41-38-24-22-20-17-14-11-8-5-2/h14,17,22,24,26-27,58H,4-13,15-16,18-21,23,25,28-57H2,1-3H3/b17-14-,24-22-,27-26-. The number of allylic oxidation sites excluding steroid dienone is 6. The summed E-state index contributed by atoms with van der Waals surface area (Å²) in [5.41, 5.74) is 0. The molecule has 0 aromatic carbocycles. The van der Waals surface area contributed by atoms with Crippen molar-refractivity contribution in [1.82, 2.24) is 0 Å². The van der Waals surface area contributed by atoms with Crippen molar-refractivity contribution in [3.05, 3.63) is 36.5 Å². The van der Waals surface area contributed by atoms with E-state index in [0.717, 1.165) is 83.5 Å². The summed E-state index contributed by atoms with van der Waals surface area (Å²) in [6, 6.07) is 0. The van der Waals surface area contributed by atoms with Crippen LogP contribution in [0.25, 0.3) is 0 Å². The van der Waals surface area contributed by atoms with Crippen molar-refractivity contribution in [2.75, 3.05) is 13.2 Å². The summed E-state index contributed by atoms with van der Waals surface area (Å²) < 4.78 is 16.8. The molecular formula is C61H112O6. The summed E-state index contributed by atoms with van der Waals surface area (Å²) in [5, 5.41) is 0. The molecule has 0 radical (unpaired) electrons. The smallest absolute Gasteiger partial charge is 0.306 e. The van der Waals surface area contributed by atoms with Gasteiger partial charge in [-0.1, -0.05) is 263 Å². The summed E-state index contributed by atoms with van der Waals surface area (Å²) in [5.74, 6) is -0.879. The van der Waals surface area contributed by atoms with Gasteiger partial charge in [0.05, 0.1) is 0 Å². The number of unbranched alkanes of at least 4 members (excludes halogenated alkanes) is 37. The van der Waals surface area contributed by atoms with Gasteiger partial charge in [-0.15, -0.1) is 0 Å². The minimum absolute atomic E-state index is 0.0744. The molecule has 0 amide bonds. The Morgan fingerprint density at radius 1 is 0.299 bits per heavy atom. The highest BCUT2D eigenvalue weighted by Crippen LogP contribution is 2.17. The Hall–Kier alpha value is -2.37. The van der Waals surface area contributed by atoms with Gasteiger partial charge in [-0.25, -0.2) is 0 Å². The average molecular weight is 942 g/mol. The van der Waals surface area contributed by atoms with Crippen molar-refractivity contribution in [3.8, 4) is 0 Å². The predicted octanol–water partition coefficient (Wildman–Crippen LogP) is 19.7. The van der Waals surface area contributed by atoms with E-state index in [1.54, 1.807) is 0 Å². The molecule has 1 unspecified atom stereocenters. The van der Waals surface area contributed by atoms with Gasteiger partial charge in [-0.05, 0) is 70.6 Å². The molecule has 0 saturated carbocycles. The summed E-state index contributed by atoms with van der Waals surface area (Å²) in [6.45, 7) is 6.59. The zero-order chi connectivity index (χ0) is 48.6. The molecule has 1 atom stereocenters. The molecule has 0 aliphatic heterocycles. The van der Waals surface area contributed by atoms with Crippen LogP contribution in [0.5, 0.6) is 0 Å². The van der Waals surface area contributed by atoms with Crippen LogP contribution in [0.15, 0.2) is 36.5 Å². The lowest BCUT2D eigenvalue weighted by atomic mass is 10.0. The molecule has 0 aromatic heterocycles. The van der Waals surface area contributed by atoms with Crippen molar-refractivity contribution in [1.29, 1.82) is 0 Å². The lowest BCUT2D eigenvalue weighted by molar-refractivity contribution is -0.167. The lowest BCUT2D eigenvalue weighted by Crippen LogP contribution is -2.30. The molecule has 67 heavy (non-hydrogen) atoms. The summed E-state index contributed by atoms with van der Waals surface area (Å²) in [4.78, 5) is 37.9. The maximum absolute atomic E-state index is 12.8. The Morgan fingerprint density at radius 3 is 0.881 bits per heavy atom. The molecule has 0 spiro atoms. The summed E-state index contributed by atoms with van der Waals surface area (Å²) in [7, 11) is 0. The lowest BCUT2D eigenvalue weighted by Gasteiger charge is -2.18. The van der Waals surface area contributed by atoms with Crippen LogP contribution in [0, 0.1) is 0 Å². The van der Waals surface area contributed by atoms with Crippen molar-refractivity contribution >= 4 is 17.9 Å². The van der Waals surface area contributed by atoms with Gasteiger partial charge >= 0.3 is 17.9 Å². The van der Waals surface area contributed by atoms with Crippen LogP contribution in [0.4, 0.5) is 0 Å². The maximum atomic E-state index is 12.8. The second-order valence-electron chi connectivity index (χ2n) is 19.9. The Balaban J connectivity index is 4.09.